The van der Waals surface area contributed by atoms with Crippen LogP contribution in [0.15, 0.2) is 0 Å². The van der Waals surface area contributed by atoms with E-state index < -0.39 is 0 Å². The minimum absolute atomic E-state index is 0.00870. The highest BCUT2D eigenvalue weighted by atomic mass is 79.9. The van der Waals surface area contributed by atoms with Crippen LogP contribution in [0.25, 0.3) is 0 Å². The van der Waals surface area contributed by atoms with Crippen molar-refractivity contribution in [2.24, 2.45) is 11.3 Å². The summed E-state index contributed by atoms with van der Waals surface area (Å²) in [6, 6.07) is 0. The second kappa shape index (κ2) is 5.29. The van der Waals surface area contributed by atoms with E-state index in [0.29, 0.717) is 16.7 Å². The number of nitrogens with zero attached hydrogens (tertiary/aromatic N) is 1. The van der Waals surface area contributed by atoms with Gasteiger partial charge in [0.05, 0.1) is 0 Å². The maximum Gasteiger partial charge on any atom is 0.228 e. The number of rotatable bonds is 3. The van der Waals surface area contributed by atoms with Crippen LogP contribution in [-0.4, -0.2) is 28.7 Å². The quantitative estimate of drug-likeness (QED) is 0.730. The lowest BCUT2D eigenvalue weighted by Gasteiger charge is -2.33. The summed E-state index contributed by atoms with van der Waals surface area (Å²) in [6.45, 7) is 6.35. The highest BCUT2D eigenvalue weighted by Gasteiger charge is 2.44. The Hall–Kier alpha value is -0.0500. The predicted octanol–water partition coefficient (Wildman–Crippen LogP) is 3.59. The van der Waals surface area contributed by atoms with Gasteiger partial charge in [0.25, 0.3) is 0 Å². The molecule has 2 nitrogen and oxygen atoms in total. The fourth-order valence-electron chi connectivity index (χ4n) is 3.58. The molecule has 1 aliphatic carbocycles. The first kappa shape index (κ1) is 13.4. The van der Waals surface area contributed by atoms with Gasteiger partial charge in [-0.2, -0.15) is 0 Å². The van der Waals surface area contributed by atoms with E-state index in [1.165, 1.54) is 12.8 Å². The van der Waals surface area contributed by atoms with Gasteiger partial charge in [-0.15, -0.1) is 0 Å². The molecular weight excluding hydrogens is 278 g/mol. The summed E-state index contributed by atoms with van der Waals surface area (Å²) in [5.74, 6) is 1.07. The van der Waals surface area contributed by atoms with Crippen molar-refractivity contribution in [2.75, 3.05) is 13.1 Å². The molecule has 1 saturated carbocycles. The van der Waals surface area contributed by atoms with E-state index >= 15 is 0 Å². The lowest BCUT2D eigenvalue weighted by molar-refractivity contribution is -0.141. The summed E-state index contributed by atoms with van der Waals surface area (Å²) in [7, 11) is 0. The Morgan fingerprint density at radius 3 is 2.53 bits per heavy atom. The molecule has 2 fully saturated rings. The first-order chi connectivity index (χ1) is 8.03. The lowest BCUT2D eigenvalue weighted by Crippen LogP contribution is -2.42. The Bertz CT molecular complexity index is 284. The standard InChI is InChI=1S/C14H24BrNO/c1-11(2)9-14(6-3-4-7-14)13(17)16-8-5-12(15)10-16/h11-12H,3-10H2,1-2H3. The Labute approximate surface area is 113 Å². The van der Waals surface area contributed by atoms with Crippen molar-refractivity contribution in [1.29, 1.82) is 0 Å². The number of carbonyl (C=O) groups excluding carboxylic acids is 1. The molecule has 0 aromatic heterocycles. The second-order valence-corrected chi connectivity index (χ2v) is 7.52. The maximum absolute atomic E-state index is 12.8. The number of halogens is 1. The number of carbonyl (C=O) groups is 1. The summed E-state index contributed by atoms with van der Waals surface area (Å²) in [4.78, 5) is 15.4. The zero-order chi connectivity index (χ0) is 12.5. The topological polar surface area (TPSA) is 20.3 Å². The summed E-state index contributed by atoms with van der Waals surface area (Å²) in [5, 5.41) is 0. The van der Waals surface area contributed by atoms with Crippen molar-refractivity contribution < 1.29 is 4.79 Å². The lowest BCUT2D eigenvalue weighted by atomic mass is 9.77. The summed E-state index contributed by atoms with van der Waals surface area (Å²) < 4.78 is 0. The average Bonchev–Trinajstić information content (AvgIpc) is 2.86. The van der Waals surface area contributed by atoms with Gasteiger partial charge in [-0.25, -0.2) is 0 Å². The second-order valence-electron chi connectivity index (χ2n) is 6.22. The van der Waals surface area contributed by atoms with Gasteiger partial charge in [-0.3, -0.25) is 4.79 Å². The third kappa shape index (κ3) is 2.86. The largest absolute Gasteiger partial charge is 0.341 e. The number of hydrogen-bond donors (Lipinski definition) is 0. The van der Waals surface area contributed by atoms with Gasteiger partial charge in [-0.05, 0) is 31.6 Å². The molecule has 1 aliphatic heterocycles. The van der Waals surface area contributed by atoms with E-state index in [-0.39, 0.29) is 5.41 Å². The van der Waals surface area contributed by atoms with Crippen LogP contribution < -0.4 is 0 Å². The average molecular weight is 302 g/mol. The fraction of sp³-hybridized carbons (Fsp3) is 0.929. The Kier molecular flexibility index (Phi) is 4.17. The molecule has 3 heteroatoms. The summed E-state index contributed by atoms with van der Waals surface area (Å²) in [5.41, 5.74) is -0.00870. The minimum atomic E-state index is -0.00870. The van der Waals surface area contributed by atoms with Gasteiger partial charge in [0.15, 0.2) is 0 Å². The minimum Gasteiger partial charge on any atom is -0.341 e. The van der Waals surface area contributed by atoms with Gasteiger partial charge >= 0.3 is 0 Å². The van der Waals surface area contributed by atoms with E-state index in [1.54, 1.807) is 0 Å². The molecule has 1 amide bonds. The summed E-state index contributed by atoms with van der Waals surface area (Å²) >= 11 is 3.63. The van der Waals surface area contributed by atoms with E-state index in [2.05, 4.69) is 34.7 Å². The van der Waals surface area contributed by atoms with Crippen molar-refractivity contribution in [1.82, 2.24) is 4.90 Å². The van der Waals surface area contributed by atoms with Gasteiger partial charge < -0.3 is 4.90 Å². The van der Waals surface area contributed by atoms with E-state index in [9.17, 15) is 4.79 Å². The molecule has 1 unspecified atom stereocenters. The maximum atomic E-state index is 12.8. The van der Waals surface area contributed by atoms with Crippen LogP contribution >= 0.6 is 15.9 Å². The van der Waals surface area contributed by atoms with Gasteiger partial charge in [0.1, 0.15) is 0 Å². The molecule has 98 valence electrons. The Morgan fingerprint density at radius 2 is 2.06 bits per heavy atom. The van der Waals surface area contributed by atoms with Crippen LogP contribution in [0, 0.1) is 11.3 Å². The Balaban J connectivity index is 2.07. The number of hydrogen-bond acceptors (Lipinski definition) is 1. The Morgan fingerprint density at radius 1 is 1.41 bits per heavy atom. The van der Waals surface area contributed by atoms with Crippen molar-refractivity contribution in [3.05, 3.63) is 0 Å². The van der Waals surface area contributed by atoms with E-state index in [4.69, 9.17) is 0 Å². The fourth-order valence-corrected chi connectivity index (χ4v) is 4.13. The van der Waals surface area contributed by atoms with Crippen LogP contribution in [0.3, 0.4) is 0 Å². The third-order valence-electron chi connectivity index (χ3n) is 4.23. The molecular formula is C14H24BrNO. The molecule has 0 N–H and O–H groups in total. The molecule has 2 aliphatic rings. The number of likely N-dealkylation sites (tertiary alicyclic amines) is 1. The van der Waals surface area contributed by atoms with Crippen molar-refractivity contribution in [2.45, 2.75) is 57.2 Å². The van der Waals surface area contributed by atoms with Crippen molar-refractivity contribution >= 4 is 21.8 Å². The van der Waals surface area contributed by atoms with Gasteiger partial charge in [0, 0.05) is 23.3 Å². The monoisotopic (exact) mass is 301 g/mol. The predicted molar refractivity (Wildman–Crippen MR) is 74.3 cm³/mol. The zero-order valence-electron chi connectivity index (χ0n) is 11.0. The molecule has 1 heterocycles. The molecule has 0 radical (unpaired) electrons. The van der Waals surface area contributed by atoms with Gasteiger partial charge in [0.2, 0.25) is 5.91 Å². The molecule has 1 atom stereocenters. The number of alkyl halides is 1. The highest BCUT2D eigenvalue weighted by molar-refractivity contribution is 9.09. The SMILES string of the molecule is CC(C)CC1(C(=O)N2CCC(Br)C2)CCCC1. The smallest absolute Gasteiger partial charge is 0.228 e. The van der Waals surface area contributed by atoms with Crippen LogP contribution in [-0.2, 0) is 4.79 Å². The normalized spacial score (nSPS) is 28.0. The molecule has 0 spiro atoms. The zero-order valence-corrected chi connectivity index (χ0v) is 12.6. The molecule has 0 aromatic rings. The number of amides is 1. The third-order valence-corrected chi connectivity index (χ3v) is 4.98. The molecule has 0 aromatic carbocycles. The first-order valence-electron chi connectivity index (χ1n) is 6.97. The van der Waals surface area contributed by atoms with Crippen LogP contribution in [0.4, 0.5) is 0 Å². The van der Waals surface area contributed by atoms with Crippen LogP contribution in [0.5, 0.6) is 0 Å². The van der Waals surface area contributed by atoms with Crippen LogP contribution in [0.1, 0.15) is 52.4 Å². The molecule has 1 saturated heterocycles. The van der Waals surface area contributed by atoms with Gasteiger partial charge in [-0.1, -0.05) is 42.6 Å². The summed E-state index contributed by atoms with van der Waals surface area (Å²) in [6.07, 6.45) is 6.91. The molecule has 2 rings (SSSR count). The van der Waals surface area contributed by atoms with E-state index in [1.807, 2.05) is 0 Å². The highest BCUT2D eigenvalue weighted by Crippen LogP contribution is 2.45. The van der Waals surface area contributed by atoms with Crippen molar-refractivity contribution in [3.8, 4) is 0 Å². The first-order valence-corrected chi connectivity index (χ1v) is 7.88. The van der Waals surface area contributed by atoms with E-state index in [0.717, 1.165) is 38.8 Å². The van der Waals surface area contributed by atoms with Crippen LogP contribution in [0.2, 0.25) is 0 Å². The molecule has 17 heavy (non-hydrogen) atoms. The van der Waals surface area contributed by atoms with Crippen molar-refractivity contribution in [3.63, 3.8) is 0 Å². The molecule has 0 bridgehead atoms.